The van der Waals surface area contributed by atoms with Gasteiger partial charge in [0.2, 0.25) is 0 Å². The summed E-state index contributed by atoms with van der Waals surface area (Å²) in [5.74, 6) is 0.846. The summed E-state index contributed by atoms with van der Waals surface area (Å²) in [4.78, 5) is 0. The van der Waals surface area contributed by atoms with E-state index in [2.05, 4.69) is 37.9 Å². The van der Waals surface area contributed by atoms with Crippen molar-refractivity contribution in [3.8, 4) is 0 Å². The summed E-state index contributed by atoms with van der Waals surface area (Å²) in [6, 6.07) is 0. The zero-order valence-corrected chi connectivity index (χ0v) is 10.8. The van der Waals surface area contributed by atoms with Crippen LogP contribution in [-0.2, 0) is 0 Å². The van der Waals surface area contributed by atoms with Crippen LogP contribution in [0.15, 0.2) is 0 Å². The smallest absolute Gasteiger partial charge is 0.0947 e. The fourth-order valence-electron chi connectivity index (χ4n) is 0.646. The quantitative estimate of drug-likeness (QED) is 0.655. The highest BCUT2D eigenvalue weighted by atomic mass is 32.3. The molecule has 0 spiro atoms. The zero-order valence-electron chi connectivity index (χ0n) is 5.71. The maximum Gasteiger partial charge on any atom is 0.0947 e. The Morgan fingerprint density at radius 2 is 2.18 bits per heavy atom. The molecule has 0 aromatic heterocycles. The highest BCUT2D eigenvalue weighted by molar-refractivity contribution is 8.39. The summed E-state index contributed by atoms with van der Waals surface area (Å²) < 4.78 is 0.996. The Morgan fingerprint density at radius 1 is 1.45 bits per heavy atom. The van der Waals surface area contributed by atoms with Gasteiger partial charge in [0.15, 0.2) is 0 Å². The minimum Gasteiger partial charge on any atom is -0.178 e. The number of thiol groups is 3. The lowest BCUT2D eigenvalue weighted by molar-refractivity contribution is 1.11. The Kier molecular flexibility index (Phi) is 5.84. The largest absolute Gasteiger partial charge is 0.178 e. The lowest BCUT2D eigenvalue weighted by Crippen LogP contribution is -2.20. The van der Waals surface area contributed by atoms with Crippen molar-refractivity contribution in [2.45, 2.75) is 13.7 Å². The molecule has 1 heterocycles. The third-order valence-corrected chi connectivity index (χ3v) is 7.92. The number of hydrogen-bond acceptors (Lipinski definition) is 6. The molecule has 0 saturated carbocycles. The van der Waals surface area contributed by atoms with Gasteiger partial charge in [0.05, 0.1) is 8.50 Å². The summed E-state index contributed by atoms with van der Waals surface area (Å²) in [6.45, 7) is 0. The molecule has 0 bridgehead atoms. The van der Waals surface area contributed by atoms with Crippen molar-refractivity contribution in [3.63, 3.8) is 0 Å². The van der Waals surface area contributed by atoms with Crippen LogP contribution in [-0.4, -0.2) is 24.6 Å². The Morgan fingerprint density at radius 3 is 2.73 bits per heavy atom. The second kappa shape index (κ2) is 5.75. The summed E-state index contributed by atoms with van der Waals surface area (Å²) in [7, 11) is 0. The van der Waals surface area contributed by atoms with Crippen LogP contribution >= 0.6 is 73.2 Å². The van der Waals surface area contributed by atoms with E-state index in [1.807, 2.05) is 35.3 Å². The van der Waals surface area contributed by atoms with Crippen molar-refractivity contribution >= 4 is 73.2 Å². The van der Waals surface area contributed by atoms with E-state index in [0.717, 1.165) is 10.8 Å². The monoisotopic (exact) mass is 262 g/mol. The standard InChI is InChI=1S/C5H10S6/c6-1-3(7)4-9-2-10-5(8)11-4/h3-8H,1-2H2. The second-order valence-corrected chi connectivity index (χ2v) is 8.69. The van der Waals surface area contributed by atoms with Gasteiger partial charge >= 0.3 is 0 Å². The van der Waals surface area contributed by atoms with E-state index in [1.54, 1.807) is 0 Å². The normalized spacial score (nSPS) is 35.2. The van der Waals surface area contributed by atoms with Gasteiger partial charge in [0, 0.05) is 16.1 Å². The van der Waals surface area contributed by atoms with E-state index in [4.69, 9.17) is 0 Å². The van der Waals surface area contributed by atoms with Crippen LogP contribution in [0, 0.1) is 0 Å². The lowest BCUT2D eigenvalue weighted by atomic mass is 10.5. The first-order chi connectivity index (χ1) is 5.24. The van der Waals surface area contributed by atoms with Crippen molar-refractivity contribution < 1.29 is 0 Å². The topological polar surface area (TPSA) is 0 Å². The van der Waals surface area contributed by atoms with E-state index in [9.17, 15) is 0 Å². The lowest BCUT2D eigenvalue weighted by Gasteiger charge is -2.28. The van der Waals surface area contributed by atoms with E-state index < -0.39 is 0 Å². The van der Waals surface area contributed by atoms with Crippen LogP contribution in [0.4, 0.5) is 0 Å². The highest BCUT2D eigenvalue weighted by Crippen LogP contribution is 2.45. The molecule has 66 valence electrons. The van der Waals surface area contributed by atoms with Crippen molar-refractivity contribution in [1.82, 2.24) is 0 Å². The number of thioether (sulfide) groups is 3. The molecule has 1 aliphatic rings. The van der Waals surface area contributed by atoms with Gasteiger partial charge in [-0.15, -0.1) is 35.3 Å². The average molecular weight is 263 g/mol. The van der Waals surface area contributed by atoms with Gasteiger partial charge in [-0.25, -0.2) is 0 Å². The molecule has 0 amide bonds. The Hall–Kier alpha value is 2.10. The van der Waals surface area contributed by atoms with Crippen LogP contribution in [0.5, 0.6) is 0 Å². The molecule has 0 nitrogen and oxygen atoms in total. The van der Waals surface area contributed by atoms with Gasteiger partial charge in [0.25, 0.3) is 0 Å². The van der Waals surface area contributed by atoms with E-state index in [0.29, 0.717) is 13.7 Å². The first-order valence-corrected chi connectivity index (χ1v) is 7.80. The fourth-order valence-corrected chi connectivity index (χ4v) is 7.47. The molecule has 0 aromatic rings. The number of hydrogen-bond donors (Lipinski definition) is 3. The molecule has 3 unspecified atom stereocenters. The molecule has 0 radical (unpaired) electrons. The van der Waals surface area contributed by atoms with Crippen molar-refractivity contribution in [1.29, 1.82) is 0 Å². The molecule has 1 fully saturated rings. The maximum atomic E-state index is 4.45. The van der Waals surface area contributed by atoms with Crippen LogP contribution in [0.3, 0.4) is 0 Å². The average Bonchev–Trinajstić information content (AvgIpc) is 2.03. The van der Waals surface area contributed by atoms with Crippen molar-refractivity contribution in [3.05, 3.63) is 0 Å². The first kappa shape index (κ1) is 11.2. The highest BCUT2D eigenvalue weighted by Gasteiger charge is 2.25. The van der Waals surface area contributed by atoms with Crippen molar-refractivity contribution in [2.75, 3.05) is 10.8 Å². The third-order valence-electron chi connectivity index (χ3n) is 1.19. The minimum absolute atomic E-state index is 0.392. The Labute approximate surface area is 97.0 Å². The molecule has 6 heteroatoms. The third kappa shape index (κ3) is 3.77. The van der Waals surface area contributed by atoms with Gasteiger partial charge in [-0.3, -0.25) is 0 Å². The number of rotatable bonds is 2. The Bertz CT molecular complexity index is 118. The molecule has 1 saturated heterocycles. The van der Waals surface area contributed by atoms with E-state index in [1.165, 1.54) is 0 Å². The molecule has 1 aliphatic heterocycles. The molecule has 0 N–H and O–H groups in total. The Balaban J connectivity index is 2.33. The molecule has 11 heavy (non-hydrogen) atoms. The van der Waals surface area contributed by atoms with Gasteiger partial charge in [-0.2, -0.15) is 37.9 Å². The van der Waals surface area contributed by atoms with Gasteiger partial charge in [-0.05, 0) is 0 Å². The molecule has 1 rings (SSSR count). The zero-order chi connectivity index (χ0) is 8.27. The fraction of sp³-hybridized carbons (Fsp3) is 1.00. The van der Waals surface area contributed by atoms with Gasteiger partial charge in [-0.1, -0.05) is 0 Å². The van der Waals surface area contributed by atoms with Gasteiger partial charge < -0.3 is 0 Å². The first-order valence-electron chi connectivity index (χ1n) is 3.09. The van der Waals surface area contributed by atoms with Crippen LogP contribution in [0.25, 0.3) is 0 Å². The molecule has 3 atom stereocenters. The van der Waals surface area contributed by atoms with Crippen molar-refractivity contribution in [2.24, 2.45) is 0 Å². The molecule has 0 aromatic carbocycles. The molecule has 0 aliphatic carbocycles. The van der Waals surface area contributed by atoms with Crippen LogP contribution in [0.1, 0.15) is 0 Å². The van der Waals surface area contributed by atoms with Crippen LogP contribution in [0.2, 0.25) is 0 Å². The summed E-state index contributed by atoms with van der Waals surface area (Å²) >= 11 is 18.8. The maximum absolute atomic E-state index is 4.45. The molecular formula is C5H10S6. The summed E-state index contributed by atoms with van der Waals surface area (Å²) in [5, 5.41) is 1.53. The molecular weight excluding hydrogens is 252 g/mol. The predicted octanol–water partition coefficient (Wildman–Crippen LogP) is 2.92. The second-order valence-electron chi connectivity index (χ2n) is 2.01. The summed E-state index contributed by atoms with van der Waals surface area (Å²) in [5.41, 5.74) is 0. The minimum atomic E-state index is 0.392. The predicted molar refractivity (Wildman–Crippen MR) is 70.8 cm³/mol. The van der Waals surface area contributed by atoms with Crippen LogP contribution < -0.4 is 0 Å². The van der Waals surface area contributed by atoms with Gasteiger partial charge in [0.1, 0.15) is 0 Å². The SMILES string of the molecule is SCC(S)C1SCSC(S)S1. The van der Waals surface area contributed by atoms with E-state index >= 15 is 0 Å². The summed E-state index contributed by atoms with van der Waals surface area (Å²) in [6.07, 6.45) is 0. The van der Waals surface area contributed by atoms with E-state index in [-0.39, 0.29) is 0 Å².